The van der Waals surface area contributed by atoms with Crippen molar-refractivity contribution < 1.29 is 9.84 Å². The van der Waals surface area contributed by atoms with Gasteiger partial charge >= 0.3 is 0 Å². The van der Waals surface area contributed by atoms with Crippen molar-refractivity contribution in [1.29, 1.82) is 0 Å². The second-order valence-electron chi connectivity index (χ2n) is 3.37. The summed E-state index contributed by atoms with van der Waals surface area (Å²) in [6.07, 6.45) is 3.65. The lowest BCUT2D eigenvalue weighted by Crippen LogP contribution is -1.92. The van der Waals surface area contributed by atoms with Gasteiger partial charge in [-0.05, 0) is 24.1 Å². The molecule has 0 spiro atoms. The van der Waals surface area contributed by atoms with Crippen LogP contribution in [0.15, 0.2) is 36.7 Å². The Balaban J connectivity index is 2.11. The second kappa shape index (κ2) is 5.61. The van der Waals surface area contributed by atoms with Crippen LogP contribution in [0.4, 0.5) is 0 Å². The van der Waals surface area contributed by atoms with Crippen LogP contribution >= 0.6 is 11.6 Å². The summed E-state index contributed by atoms with van der Waals surface area (Å²) < 4.78 is 5.47. The highest BCUT2D eigenvalue weighted by Crippen LogP contribution is 2.24. The first kappa shape index (κ1) is 11.8. The van der Waals surface area contributed by atoms with E-state index in [0.717, 1.165) is 5.56 Å². The molecule has 0 aliphatic rings. The van der Waals surface area contributed by atoms with Gasteiger partial charge in [-0.3, -0.25) is 0 Å². The van der Waals surface area contributed by atoms with Gasteiger partial charge in [0.05, 0.1) is 0 Å². The Morgan fingerprint density at radius 2 is 1.82 bits per heavy atom. The molecule has 0 radical (unpaired) electrons. The zero-order chi connectivity index (χ0) is 12.1. The van der Waals surface area contributed by atoms with Gasteiger partial charge in [-0.1, -0.05) is 23.7 Å². The predicted molar refractivity (Wildman–Crippen MR) is 64.3 cm³/mol. The Labute approximate surface area is 104 Å². The molecule has 1 N–H and O–H groups in total. The Hall–Kier alpha value is -1.65. The standard InChI is InChI=1S/C12H11ClN2O2/c13-11-12(15-7-6-14-11)17-10-3-1-9(2-4-10)5-8-16/h1-4,6-7,16H,5,8H2. The van der Waals surface area contributed by atoms with Crippen molar-refractivity contribution in [2.45, 2.75) is 6.42 Å². The topological polar surface area (TPSA) is 55.2 Å². The SMILES string of the molecule is OCCc1ccc(Oc2nccnc2Cl)cc1. The molecule has 0 aliphatic carbocycles. The molecular formula is C12H11ClN2O2. The van der Waals surface area contributed by atoms with E-state index in [0.29, 0.717) is 12.2 Å². The Morgan fingerprint density at radius 1 is 1.12 bits per heavy atom. The van der Waals surface area contributed by atoms with Crippen LogP contribution in [0.1, 0.15) is 5.56 Å². The average molecular weight is 251 g/mol. The van der Waals surface area contributed by atoms with Crippen LogP contribution in [-0.4, -0.2) is 21.7 Å². The molecule has 2 rings (SSSR count). The van der Waals surface area contributed by atoms with Crippen LogP contribution in [-0.2, 0) is 6.42 Å². The fraction of sp³-hybridized carbons (Fsp3) is 0.167. The first-order valence-corrected chi connectivity index (χ1v) is 5.51. The summed E-state index contributed by atoms with van der Waals surface area (Å²) in [6, 6.07) is 7.37. The lowest BCUT2D eigenvalue weighted by atomic mass is 10.1. The van der Waals surface area contributed by atoms with Gasteiger partial charge in [0.1, 0.15) is 5.75 Å². The zero-order valence-electron chi connectivity index (χ0n) is 9.01. The van der Waals surface area contributed by atoms with Crippen molar-refractivity contribution in [2.75, 3.05) is 6.61 Å². The molecule has 5 heteroatoms. The van der Waals surface area contributed by atoms with Crippen LogP contribution < -0.4 is 4.74 Å². The van der Waals surface area contributed by atoms with Gasteiger partial charge in [0.15, 0.2) is 5.15 Å². The predicted octanol–water partition coefficient (Wildman–Crippen LogP) is 2.46. The van der Waals surface area contributed by atoms with Gasteiger partial charge in [0.25, 0.3) is 5.88 Å². The number of aromatic nitrogens is 2. The van der Waals surface area contributed by atoms with Crippen molar-refractivity contribution in [3.8, 4) is 11.6 Å². The first-order valence-electron chi connectivity index (χ1n) is 5.14. The number of halogens is 1. The Morgan fingerprint density at radius 3 is 2.47 bits per heavy atom. The molecule has 0 amide bonds. The number of ether oxygens (including phenoxy) is 1. The molecule has 17 heavy (non-hydrogen) atoms. The molecule has 88 valence electrons. The van der Waals surface area contributed by atoms with Crippen molar-refractivity contribution >= 4 is 11.6 Å². The molecule has 1 aromatic carbocycles. The summed E-state index contributed by atoms with van der Waals surface area (Å²) in [5.41, 5.74) is 1.05. The van der Waals surface area contributed by atoms with Crippen LogP contribution in [0, 0.1) is 0 Å². The monoisotopic (exact) mass is 250 g/mol. The quantitative estimate of drug-likeness (QED) is 0.906. The summed E-state index contributed by atoms with van der Waals surface area (Å²) in [6.45, 7) is 0.135. The minimum atomic E-state index is 0.135. The van der Waals surface area contributed by atoms with E-state index in [1.54, 1.807) is 12.1 Å². The Kier molecular flexibility index (Phi) is 3.90. The van der Waals surface area contributed by atoms with E-state index in [2.05, 4.69) is 9.97 Å². The summed E-state index contributed by atoms with van der Waals surface area (Å²) in [4.78, 5) is 7.84. The summed E-state index contributed by atoms with van der Waals surface area (Å²) >= 11 is 5.82. The summed E-state index contributed by atoms with van der Waals surface area (Å²) in [5.74, 6) is 0.915. The maximum atomic E-state index is 8.79. The van der Waals surface area contributed by atoms with E-state index >= 15 is 0 Å². The van der Waals surface area contributed by atoms with E-state index in [1.807, 2.05) is 12.1 Å². The third-order valence-corrected chi connectivity index (χ3v) is 2.42. The molecule has 0 unspecified atom stereocenters. The molecule has 1 heterocycles. The number of benzene rings is 1. The highest BCUT2D eigenvalue weighted by molar-refractivity contribution is 6.30. The highest BCUT2D eigenvalue weighted by atomic mass is 35.5. The van der Waals surface area contributed by atoms with Crippen LogP contribution in [0.2, 0.25) is 5.15 Å². The maximum absolute atomic E-state index is 8.79. The van der Waals surface area contributed by atoms with Gasteiger partial charge in [0, 0.05) is 19.0 Å². The number of aliphatic hydroxyl groups excluding tert-OH is 1. The number of aliphatic hydroxyl groups is 1. The van der Waals surface area contributed by atoms with Crippen LogP contribution in [0.25, 0.3) is 0 Å². The lowest BCUT2D eigenvalue weighted by Gasteiger charge is -2.06. The van der Waals surface area contributed by atoms with E-state index in [1.165, 1.54) is 12.4 Å². The normalized spacial score (nSPS) is 10.2. The van der Waals surface area contributed by atoms with Gasteiger partial charge < -0.3 is 9.84 Å². The van der Waals surface area contributed by atoms with E-state index in [9.17, 15) is 0 Å². The molecule has 2 aromatic rings. The summed E-state index contributed by atoms with van der Waals surface area (Å²) in [7, 11) is 0. The van der Waals surface area contributed by atoms with Crippen LogP contribution in [0.5, 0.6) is 11.6 Å². The number of rotatable bonds is 4. The van der Waals surface area contributed by atoms with Crippen molar-refractivity contribution in [3.05, 3.63) is 47.4 Å². The number of nitrogens with zero attached hydrogens (tertiary/aromatic N) is 2. The van der Waals surface area contributed by atoms with Crippen LogP contribution in [0.3, 0.4) is 0 Å². The third kappa shape index (κ3) is 3.15. The fourth-order valence-electron chi connectivity index (χ4n) is 1.34. The van der Waals surface area contributed by atoms with Crippen molar-refractivity contribution in [1.82, 2.24) is 9.97 Å². The highest BCUT2D eigenvalue weighted by Gasteiger charge is 2.04. The largest absolute Gasteiger partial charge is 0.436 e. The average Bonchev–Trinajstić information content (AvgIpc) is 2.35. The fourth-order valence-corrected chi connectivity index (χ4v) is 1.49. The number of hydrogen-bond donors (Lipinski definition) is 1. The molecule has 0 aliphatic heterocycles. The van der Waals surface area contributed by atoms with Gasteiger partial charge in [-0.25, -0.2) is 9.97 Å². The molecule has 0 bridgehead atoms. The van der Waals surface area contributed by atoms with E-state index in [-0.39, 0.29) is 17.6 Å². The molecular weight excluding hydrogens is 240 g/mol. The smallest absolute Gasteiger partial charge is 0.257 e. The summed E-state index contributed by atoms with van der Waals surface area (Å²) in [5, 5.41) is 9.02. The zero-order valence-corrected chi connectivity index (χ0v) is 9.76. The van der Waals surface area contributed by atoms with Gasteiger partial charge in [-0.15, -0.1) is 0 Å². The second-order valence-corrected chi connectivity index (χ2v) is 3.73. The molecule has 1 aromatic heterocycles. The molecule has 0 atom stereocenters. The van der Waals surface area contributed by atoms with E-state index in [4.69, 9.17) is 21.4 Å². The van der Waals surface area contributed by atoms with Gasteiger partial charge in [-0.2, -0.15) is 0 Å². The Bertz CT molecular complexity index is 488. The number of hydrogen-bond acceptors (Lipinski definition) is 4. The maximum Gasteiger partial charge on any atom is 0.257 e. The minimum Gasteiger partial charge on any atom is -0.436 e. The van der Waals surface area contributed by atoms with Crippen molar-refractivity contribution in [2.24, 2.45) is 0 Å². The first-order chi connectivity index (χ1) is 8.29. The van der Waals surface area contributed by atoms with Gasteiger partial charge in [0.2, 0.25) is 0 Å². The van der Waals surface area contributed by atoms with E-state index < -0.39 is 0 Å². The lowest BCUT2D eigenvalue weighted by molar-refractivity contribution is 0.299. The molecule has 0 saturated heterocycles. The minimum absolute atomic E-state index is 0.135. The van der Waals surface area contributed by atoms with Crippen molar-refractivity contribution in [3.63, 3.8) is 0 Å². The molecule has 4 nitrogen and oxygen atoms in total. The third-order valence-electron chi connectivity index (χ3n) is 2.16. The molecule has 0 fully saturated rings. The molecule has 0 saturated carbocycles.